The highest BCUT2D eigenvalue weighted by Gasteiger charge is 2.42. The van der Waals surface area contributed by atoms with Crippen LogP contribution < -0.4 is 65.9 Å². The van der Waals surface area contributed by atoms with Gasteiger partial charge in [-0.15, -0.1) is 0 Å². The van der Waals surface area contributed by atoms with Gasteiger partial charge in [0.1, 0.15) is 29.6 Å². The van der Waals surface area contributed by atoms with Gasteiger partial charge in [0, 0.05) is 39.1 Å². The number of halogens is 12. The first-order valence-electron chi connectivity index (χ1n) is 43.0. The first kappa shape index (κ1) is 114. The summed E-state index contributed by atoms with van der Waals surface area (Å²) >= 11 is 0. The van der Waals surface area contributed by atoms with E-state index in [1.165, 1.54) is 6.42 Å². The van der Waals surface area contributed by atoms with E-state index in [0.29, 0.717) is 83.5 Å². The average Bonchev–Trinajstić information content (AvgIpc) is 0.788. The number of alkyl halides is 12. The van der Waals surface area contributed by atoms with Gasteiger partial charge >= 0.3 is 48.6 Å². The molecule has 1 aliphatic carbocycles. The number of carbonyl (C=O) groups excluding carboxylic acids is 7. The van der Waals surface area contributed by atoms with Gasteiger partial charge in [0.05, 0.1) is 30.2 Å². The molecule has 5 aromatic carbocycles. The lowest BCUT2D eigenvalue weighted by molar-refractivity contribution is -0.193. The van der Waals surface area contributed by atoms with Crippen molar-refractivity contribution in [3.05, 3.63) is 166 Å². The molecular formula is C89H122F12N14O17. The number of aryl methyl sites for hydroxylation is 2. The fourth-order valence-corrected chi connectivity index (χ4v) is 14.2. The molecule has 1 unspecified atom stereocenters. The average molecular weight is 1890 g/mol. The summed E-state index contributed by atoms with van der Waals surface area (Å²) in [6.07, 6.45) is -0.937. The number of nitrogens with two attached hydrogens (primary N) is 5. The number of benzene rings is 5. The summed E-state index contributed by atoms with van der Waals surface area (Å²) in [6.45, 7) is 5.79. The highest BCUT2D eigenvalue weighted by Crippen LogP contribution is 2.30. The Morgan fingerprint density at radius 2 is 0.841 bits per heavy atom. The van der Waals surface area contributed by atoms with Crippen molar-refractivity contribution in [2.24, 2.45) is 39.6 Å². The Balaban J connectivity index is 0.00000138. The van der Waals surface area contributed by atoms with E-state index in [0.717, 1.165) is 134 Å². The standard InChI is InChI=1S/C81H118N14O9.4C2HF3O2/c1-55-45-65(97)46-56(2)66(55)52-67(83)74(98)92-70(36-26-44-89-81(85)86)78(102)94-73(50-59-31-18-13-19-32-59)79(103)93-69(35-22-23-41-82)75(99)87-42-24-9-7-5-3-4-6-8-10-25-43-88-76(100)71(48-57-27-14-11-15-28-57)91-72(49-58-29-16-12-17-30-58)77(101)90-53-63-51-61-33-20-21-34-62(61)54-95(63)80(104)68(84)47-60-37-39-64(96)40-38-60;4*3-2(4,5)1(6)7/h11,13-15,18-21,27-28,31-34,37-40,45-46,58,63,67-73,91,96-97H,3-10,12,16-17,22-26,29-30,35-36,41-44,47-54,82-84H2,1-2H3,(H,87,99)(H,88,100)(H,90,101)(H,92,98)(H,93,103)(H,94,102)(H4,85,86,89);4*(H,6,7)/t63?,67-,68-,69-,70+,71-,72+,73-;;;;/m0..../s1. The number of hydrogen-bond donors (Lipinski definition) is 18. The number of phenols is 2. The van der Waals surface area contributed by atoms with E-state index in [2.05, 4.69) is 48.3 Å². The van der Waals surface area contributed by atoms with E-state index in [-0.39, 0.29) is 79.5 Å². The van der Waals surface area contributed by atoms with Crippen molar-refractivity contribution in [3.63, 3.8) is 0 Å². The molecule has 43 heteroatoms. The van der Waals surface area contributed by atoms with Crippen LogP contribution in [0.5, 0.6) is 11.5 Å². The van der Waals surface area contributed by atoms with Crippen LogP contribution in [0.25, 0.3) is 0 Å². The number of carboxylic acids is 4. The first-order chi connectivity index (χ1) is 62.0. The highest BCUT2D eigenvalue weighted by molar-refractivity contribution is 5.95. The van der Waals surface area contributed by atoms with Gasteiger partial charge in [0.15, 0.2) is 5.96 Å². The van der Waals surface area contributed by atoms with Gasteiger partial charge in [-0.05, 0) is 172 Å². The summed E-state index contributed by atoms with van der Waals surface area (Å²) < 4.78 is 127. The van der Waals surface area contributed by atoms with Crippen LogP contribution in [0.15, 0.2) is 126 Å². The zero-order chi connectivity index (χ0) is 98.9. The number of amides is 7. The maximum atomic E-state index is 14.7. The van der Waals surface area contributed by atoms with Crippen molar-refractivity contribution < 1.29 is 136 Å². The number of fused-ring (bicyclic) bond motifs is 1. The number of aliphatic carboxylic acids is 4. The number of guanidine groups is 1. The Kier molecular flexibility index (Phi) is 50.9. The fraction of sp³-hybridized carbons (Fsp3) is 0.528. The molecule has 1 saturated carbocycles. The predicted molar refractivity (Wildman–Crippen MR) is 464 cm³/mol. The Morgan fingerprint density at radius 1 is 0.439 bits per heavy atom. The molecule has 7 amide bonds. The Morgan fingerprint density at radius 3 is 1.31 bits per heavy atom. The molecule has 2 aliphatic rings. The lowest BCUT2D eigenvalue weighted by atomic mass is 9.84. The number of carbonyl (C=O) groups is 11. The number of phenolic OH excluding ortho intramolecular Hbond substituents is 2. The Labute approximate surface area is 756 Å². The van der Waals surface area contributed by atoms with Gasteiger partial charge in [0.25, 0.3) is 0 Å². The van der Waals surface area contributed by atoms with Crippen LogP contribution in [-0.2, 0) is 91.4 Å². The molecule has 5 aromatic rings. The molecule has 1 aliphatic heterocycles. The molecule has 31 nitrogen and oxygen atoms in total. The van der Waals surface area contributed by atoms with Crippen LogP contribution in [0.4, 0.5) is 52.7 Å². The van der Waals surface area contributed by atoms with Crippen molar-refractivity contribution in [1.82, 2.24) is 42.1 Å². The summed E-state index contributed by atoms with van der Waals surface area (Å²) in [4.78, 5) is 141. The van der Waals surface area contributed by atoms with Gasteiger partial charge < -0.3 is 96.1 Å². The van der Waals surface area contributed by atoms with Crippen LogP contribution in [-0.4, -0.2) is 212 Å². The molecule has 132 heavy (non-hydrogen) atoms. The van der Waals surface area contributed by atoms with Gasteiger partial charge in [-0.1, -0.05) is 181 Å². The number of aliphatic imine (C=N–C) groups is 1. The quantitative estimate of drug-likeness (QED) is 0.00746. The molecule has 0 saturated heterocycles. The Hall–Kier alpha value is -11.9. The smallest absolute Gasteiger partial charge is 0.490 e. The molecule has 8 atom stereocenters. The van der Waals surface area contributed by atoms with Crippen LogP contribution in [0, 0.1) is 19.8 Å². The molecule has 0 radical (unpaired) electrons. The number of unbranched alkanes of at least 4 members (excludes halogenated alkanes) is 10. The number of nitrogens with zero attached hydrogens (tertiary/aromatic N) is 2. The third kappa shape index (κ3) is 46.3. The number of carboxylic acid groups (broad SMARTS) is 4. The normalized spacial score (nSPS) is 14.8. The minimum absolute atomic E-state index is 0.0967. The molecule has 7 rings (SSSR count). The summed E-state index contributed by atoms with van der Waals surface area (Å²) in [5.41, 5.74) is 37.2. The number of rotatable bonds is 45. The zero-order valence-corrected chi connectivity index (χ0v) is 73.4. The third-order valence-electron chi connectivity index (χ3n) is 21.2. The highest BCUT2D eigenvalue weighted by atomic mass is 19.4. The van der Waals surface area contributed by atoms with E-state index in [4.69, 9.17) is 68.3 Å². The predicted octanol–water partition coefficient (Wildman–Crippen LogP) is 9.31. The lowest BCUT2D eigenvalue weighted by Crippen LogP contribution is -2.58. The summed E-state index contributed by atoms with van der Waals surface area (Å²) in [5.74, 6) is -13.2. The maximum absolute atomic E-state index is 14.7. The van der Waals surface area contributed by atoms with Crippen molar-refractivity contribution in [2.75, 3.05) is 32.7 Å². The van der Waals surface area contributed by atoms with Crippen LogP contribution in [0.2, 0.25) is 0 Å². The van der Waals surface area contributed by atoms with Crippen molar-refractivity contribution in [1.29, 1.82) is 0 Å². The molecule has 0 bridgehead atoms. The second-order valence-electron chi connectivity index (χ2n) is 31.8. The minimum atomic E-state index is -5.08. The molecular weight excluding hydrogens is 1770 g/mol. The van der Waals surface area contributed by atoms with Crippen molar-refractivity contribution in [2.45, 2.75) is 260 Å². The van der Waals surface area contributed by atoms with Gasteiger partial charge in [-0.2, -0.15) is 52.7 Å². The minimum Gasteiger partial charge on any atom is -0.508 e. The van der Waals surface area contributed by atoms with Gasteiger partial charge in [-0.3, -0.25) is 43.9 Å². The monoisotopic (exact) mass is 1890 g/mol. The fourth-order valence-electron chi connectivity index (χ4n) is 14.2. The second-order valence-corrected chi connectivity index (χ2v) is 31.8. The van der Waals surface area contributed by atoms with Crippen molar-refractivity contribution in [3.8, 4) is 11.5 Å². The number of hydrogen-bond acceptors (Lipinski definition) is 18. The molecule has 734 valence electrons. The zero-order valence-electron chi connectivity index (χ0n) is 73.4. The molecule has 0 aromatic heterocycles. The third-order valence-corrected chi connectivity index (χ3v) is 21.2. The van der Waals surface area contributed by atoms with Crippen LogP contribution in [0.1, 0.15) is 179 Å². The maximum Gasteiger partial charge on any atom is 0.490 e. The van der Waals surface area contributed by atoms with E-state index < -0.39 is 109 Å². The molecule has 0 spiro atoms. The summed E-state index contributed by atoms with van der Waals surface area (Å²) in [6, 6.07) is 30.4. The lowest BCUT2D eigenvalue weighted by Gasteiger charge is -2.39. The topological polar surface area (TPSA) is 539 Å². The van der Waals surface area contributed by atoms with E-state index in [9.17, 15) is 96.5 Å². The van der Waals surface area contributed by atoms with Crippen molar-refractivity contribution >= 4 is 71.2 Å². The largest absolute Gasteiger partial charge is 0.508 e. The second kappa shape index (κ2) is 58.8. The van der Waals surface area contributed by atoms with E-state index in [1.54, 1.807) is 41.3 Å². The summed E-state index contributed by atoms with van der Waals surface area (Å²) in [5, 5.41) is 70.1. The molecule has 23 N–H and O–H groups in total. The number of aromatic hydroxyl groups is 2. The van der Waals surface area contributed by atoms with Crippen LogP contribution >= 0.6 is 0 Å². The molecule has 1 fully saturated rings. The van der Waals surface area contributed by atoms with E-state index in [1.807, 2.05) is 92.7 Å². The van der Waals surface area contributed by atoms with E-state index >= 15 is 0 Å². The Bertz CT molecular complexity index is 4320. The number of nitrogens with one attached hydrogen (secondary N) is 7. The SMILES string of the molecule is Cc1cc(O)cc(C)c1C[C@H](N)C(=O)N[C@H](CCCN=C(N)N)C(=O)N[C@@H](Cc1ccccc1)C(=O)N[C@@H](CCCCN)C(=O)NCCCCCCCCCCCCNC(=O)[C@H](Cc1ccccc1)N[C@H](CC1CCCCC1)C(=O)NCC1Cc2ccccc2CN1C(=O)[C@@H](N)Cc1ccc(O)cc1.O=C(O)C(F)(F)F.O=C(O)C(F)(F)F.O=C(O)C(F)(F)F.O=C(O)C(F)(F)F. The molecule has 1 heterocycles. The van der Waals surface area contributed by atoms with Gasteiger partial charge in [-0.25, -0.2) is 19.2 Å². The van der Waals surface area contributed by atoms with Gasteiger partial charge in [0.2, 0.25) is 41.4 Å². The first-order valence-corrected chi connectivity index (χ1v) is 43.0. The summed E-state index contributed by atoms with van der Waals surface area (Å²) in [7, 11) is 0. The van der Waals surface area contributed by atoms with Crippen LogP contribution in [0.3, 0.4) is 0 Å².